The Morgan fingerprint density at radius 1 is 1.24 bits per heavy atom. The van der Waals surface area contributed by atoms with Crippen LogP contribution >= 0.6 is 0 Å². The number of carbonyl (C=O) groups excluding carboxylic acids is 2. The first-order chi connectivity index (χ1) is 8.04. The molecule has 0 saturated carbocycles. The maximum atomic E-state index is 11.6. The van der Waals surface area contributed by atoms with E-state index in [0.29, 0.717) is 18.1 Å². The lowest BCUT2D eigenvalue weighted by Crippen LogP contribution is -2.22. The molecule has 0 aliphatic rings. The van der Waals surface area contributed by atoms with Crippen molar-refractivity contribution in [1.29, 1.82) is 0 Å². The molecule has 0 bridgehead atoms. The Hall–Kier alpha value is -1.84. The average molecular weight is 235 g/mol. The molecule has 0 radical (unpaired) electrons. The molecule has 0 aliphatic heterocycles. The summed E-state index contributed by atoms with van der Waals surface area (Å²) in [5.74, 6) is -1.37. The molecule has 1 aromatic carbocycles. The smallest absolute Gasteiger partial charge is 0.338 e. The van der Waals surface area contributed by atoms with E-state index in [1.54, 1.807) is 0 Å². The second-order valence-electron chi connectivity index (χ2n) is 3.98. The number of carbonyl (C=O) groups is 2. The van der Waals surface area contributed by atoms with Crippen molar-refractivity contribution in [3.8, 4) is 0 Å². The Bertz CT molecular complexity index is 394. The van der Waals surface area contributed by atoms with Gasteiger partial charge in [-0.05, 0) is 23.6 Å². The van der Waals surface area contributed by atoms with Crippen molar-refractivity contribution in [3.05, 3.63) is 35.4 Å². The van der Waals surface area contributed by atoms with Gasteiger partial charge in [0.25, 0.3) is 0 Å². The summed E-state index contributed by atoms with van der Waals surface area (Å²) in [5, 5.41) is 10.5. The van der Waals surface area contributed by atoms with Gasteiger partial charge < -0.3 is 14.6 Å². The summed E-state index contributed by atoms with van der Waals surface area (Å²) in [6.07, 6.45) is 0.941. The molecule has 0 fully saturated rings. The van der Waals surface area contributed by atoms with E-state index in [2.05, 4.69) is 0 Å². The van der Waals surface area contributed by atoms with E-state index < -0.39 is 11.9 Å². The molecule has 0 amide bonds. The summed E-state index contributed by atoms with van der Waals surface area (Å²) in [4.78, 5) is 22.1. The van der Waals surface area contributed by atoms with Crippen LogP contribution in [0.4, 0.5) is 0 Å². The minimum atomic E-state index is -1.26. The number of hydrogen-bond donors (Lipinski definition) is 0. The minimum Gasteiger partial charge on any atom is -0.545 e. The monoisotopic (exact) mass is 235 g/mol. The summed E-state index contributed by atoms with van der Waals surface area (Å²) in [7, 11) is 0. The van der Waals surface area contributed by atoms with E-state index in [4.69, 9.17) is 4.74 Å². The number of aromatic carboxylic acids is 1. The van der Waals surface area contributed by atoms with Crippen LogP contribution in [0.25, 0.3) is 0 Å². The van der Waals surface area contributed by atoms with Gasteiger partial charge >= 0.3 is 5.97 Å². The van der Waals surface area contributed by atoms with Crippen molar-refractivity contribution >= 4 is 11.9 Å². The third kappa shape index (κ3) is 3.90. The van der Waals surface area contributed by atoms with Crippen LogP contribution in [0.2, 0.25) is 0 Å². The number of carboxylic acid groups (broad SMARTS) is 1. The molecule has 0 unspecified atom stereocenters. The molecule has 0 N–H and O–H groups in total. The molecule has 4 heteroatoms. The fourth-order valence-electron chi connectivity index (χ4n) is 1.16. The largest absolute Gasteiger partial charge is 0.545 e. The van der Waals surface area contributed by atoms with Gasteiger partial charge in [0.05, 0.1) is 18.1 Å². The van der Waals surface area contributed by atoms with Crippen molar-refractivity contribution in [1.82, 2.24) is 0 Å². The summed E-state index contributed by atoms with van der Waals surface area (Å²) in [6, 6.07) is 5.50. The Kier molecular flexibility index (Phi) is 4.69. The SMILES string of the molecule is CC[C@@H](C)COC(=O)c1ccc(C(=O)[O-])cc1. The molecule has 17 heavy (non-hydrogen) atoms. The van der Waals surface area contributed by atoms with E-state index in [0.717, 1.165) is 6.42 Å². The molecule has 0 heterocycles. The van der Waals surface area contributed by atoms with Gasteiger partial charge in [0.15, 0.2) is 0 Å². The number of rotatable bonds is 5. The first kappa shape index (κ1) is 13.2. The van der Waals surface area contributed by atoms with E-state index >= 15 is 0 Å². The van der Waals surface area contributed by atoms with Crippen LogP contribution in [0, 0.1) is 5.92 Å². The minimum absolute atomic E-state index is 0.0449. The lowest BCUT2D eigenvalue weighted by Gasteiger charge is -2.10. The van der Waals surface area contributed by atoms with E-state index in [-0.39, 0.29) is 5.56 Å². The van der Waals surface area contributed by atoms with Crippen molar-refractivity contribution in [2.75, 3.05) is 6.61 Å². The van der Waals surface area contributed by atoms with Gasteiger partial charge in [-0.1, -0.05) is 32.4 Å². The van der Waals surface area contributed by atoms with Crippen molar-refractivity contribution in [2.24, 2.45) is 5.92 Å². The Morgan fingerprint density at radius 3 is 2.24 bits per heavy atom. The third-order valence-corrected chi connectivity index (χ3v) is 2.55. The van der Waals surface area contributed by atoms with Gasteiger partial charge in [-0.15, -0.1) is 0 Å². The number of benzene rings is 1. The number of carboxylic acids is 1. The van der Waals surface area contributed by atoms with Gasteiger partial charge in [-0.3, -0.25) is 0 Å². The Balaban J connectivity index is 2.61. The highest BCUT2D eigenvalue weighted by atomic mass is 16.5. The topological polar surface area (TPSA) is 66.4 Å². The highest BCUT2D eigenvalue weighted by molar-refractivity contribution is 5.91. The normalized spacial score (nSPS) is 11.9. The zero-order chi connectivity index (χ0) is 12.8. The van der Waals surface area contributed by atoms with Gasteiger partial charge in [0.2, 0.25) is 0 Å². The standard InChI is InChI=1S/C13H16O4/c1-3-9(2)8-17-13(16)11-6-4-10(5-7-11)12(14)15/h4-7,9H,3,8H2,1-2H3,(H,14,15)/p-1/t9-/m1/s1. The molecular formula is C13H15O4-. The van der Waals surface area contributed by atoms with Gasteiger partial charge in [-0.2, -0.15) is 0 Å². The quantitative estimate of drug-likeness (QED) is 0.720. The summed E-state index contributed by atoms with van der Waals surface area (Å²) >= 11 is 0. The lowest BCUT2D eigenvalue weighted by atomic mass is 10.1. The van der Waals surface area contributed by atoms with E-state index in [1.807, 2.05) is 13.8 Å². The number of hydrogen-bond acceptors (Lipinski definition) is 4. The van der Waals surface area contributed by atoms with Crippen LogP contribution in [-0.4, -0.2) is 18.5 Å². The summed E-state index contributed by atoms with van der Waals surface area (Å²) in [5.41, 5.74) is 0.391. The van der Waals surface area contributed by atoms with Crippen LogP contribution in [0.1, 0.15) is 41.0 Å². The molecule has 0 spiro atoms. The lowest BCUT2D eigenvalue weighted by molar-refractivity contribution is -0.255. The van der Waals surface area contributed by atoms with Crippen LogP contribution in [0.15, 0.2) is 24.3 Å². The van der Waals surface area contributed by atoms with E-state index in [1.165, 1.54) is 24.3 Å². The predicted octanol–water partition coefficient (Wildman–Crippen LogP) is 1.25. The van der Waals surface area contributed by atoms with Gasteiger partial charge in [0.1, 0.15) is 0 Å². The molecule has 1 rings (SSSR count). The molecule has 92 valence electrons. The first-order valence-corrected chi connectivity index (χ1v) is 5.53. The number of esters is 1. The molecule has 1 aromatic rings. The maximum absolute atomic E-state index is 11.6. The Labute approximate surface area is 100 Å². The highest BCUT2D eigenvalue weighted by Gasteiger charge is 2.08. The zero-order valence-electron chi connectivity index (χ0n) is 9.93. The third-order valence-electron chi connectivity index (χ3n) is 2.55. The molecule has 0 saturated heterocycles. The zero-order valence-corrected chi connectivity index (χ0v) is 9.93. The second-order valence-corrected chi connectivity index (χ2v) is 3.98. The molecule has 1 atom stereocenters. The first-order valence-electron chi connectivity index (χ1n) is 5.53. The van der Waals surface area contributed by atoms with Crippen molar-refractivity contribution in [2.45, 2.75) is 20.3 Å². The molecule has 4 nitrogen and oxygen atoms in total. The van der Waals surface area contributed by atoms with Gasteiger partial charge in [0, 0.05) is 0 Å². The van der Waals surface area contributed by atoms with Gasteiger partial charge in [-0.25, -0.2) is 4.79 Å². The molecular weight excluding hydrogens is 220 g/mol. The van der Waals surface area contributed by atoms with Crippen molar-refractivity contribution in [3.63, 3.8) is 0 Å². The fourth-order valence-corrected chi connectivity index (χ4v) is 1.16. The van der Waals surface area contributed by atoms with Crippen LogP contribution in [0.5, 0.6) is 0 Å². The average Bonchev–Trinajstić information content (AvgIpc) is 2.35. The van der Waals surface area contributed by atoms with Crippen LogP contribution < -0.4 is 5.11 Å². The van der Waals surface area contributed by atoms with Crippen LogP contribution in [0.3, 0.4) is 0 Å². The highest BCUT2D eigenvalue weighted by Crippen LogP contribution is 2.07. The number of ether oxygens (including phenoxy) is 1. The fraction of sp³-hybridized carbons (Fsp3) is 0.385. The second kappa shape index (κ2) is 6.03. The Morgan fingerprint density at radius 2 is 1.76 bits per heavy atom. The van der Waals surface area contributed by atoms with Crippen LogP contribution in [-0.2, 0) is 4.74 Å². The summed E-state index contributed by atoms with van der Waals surface area (Å²) < 4.78 is 5.08. The molecule has 0 aliphatic carbocycles. The van der Waals surface area contributed by atoms with E-state index in [9.17, 15) is 14.7 Å². The summed E-state index contributed by atoms with van der Waals surface area (Å²) in [6.45, 7) is 4.39. The predicted molar refractivity (Wildman–Crippen MR) is 60.5 cm³/mol. The molecule has 0 aromatic heterocycles. The van der Waals surface area contributed by atoms with Crippen molar-refractivity contribution < 1.29 is 19.4 Å². The maximum Gasteiger partial charge on any atom is 0.338 e.